The summed E-state index contributed by atoms with van der Waals surface area (Å²) in [6, 6.07) is 2.01. The summed E-state index contributed by atoms with van der Waals surface area (Å²) in [4.78, 5) is 11.7. The minimum Gasteiger partial charge on any atom is -0.355 e. The van der Waals surface area contributed by atoms with Crippen LogP contribution < -0.4 is 10.6 Å². The molecular weight excluding hydrogens is 178 g/mol. The molecule has 78 valence electrons. The molecule has 0 saturated carbocycles. The first-order valence-corrected chi connectivity index (χ1v) is 5.05. The molecule has 4 nitrogen and oxygen atoms in total. The molecule has 1 aliphatic rings. The number of nitrogens with one attached hydrogen (secondary N) is 2. The van der Waals surface area contributed by atoms with Crippen molar-refractivity contribution in [2.24, 2.45) is 5.41 Å². The first-order chi connectivity index (χ1) is 6.69. The number of carbonyl (C=O) groups is 1. The SMILES string of the molecule is CC1(C(=O)NCCC#N)CCNCC1. The molecule has 0 aromatic heterocycles. The van der Waals surface area contributed by atoms with Crippen LogP contribution in [0.5, 0.6) is 0 Å². The molecule has 1 heterocycles. The molecule has 0 spiro atoms. The third-order valence-corrected chi connectivity index (χ3v) is 2.78. The van der Waals surface area contributed by atoms with Gasteiger partial charge in [0.2, 0.25) is 5.91 Å². The molecule has 0 radical (unpaired) electrons. The number of amides is 1. The Labute approximate surface area is 84.7 Å². The number of carbonyl (C=O) groups excluding carboxylic acids is 1. The second kappa shape index (κ2) is 4.97. The van der Waals surface area contributed by atoms with Crippen LogP contribution in [-0.2, 0) is 4.79 Å². The van der Waals surface area contributed by atoms with Crippen molar-refractivity contribution in [3.63, 3.8) is 0 Å². The van der Waals surface area contributed by atoms with Gasteiger partial charge in [-0.15, -0.1) is 0 Å². The molecule has 1 aliphatic heterocycles. The normalized spacial score (nSPS) is 19.7. The average Bonchev–Trinajstić information content (AvgIpc) is 2.19. The van der Waals surface area contributed by atoms with Gasteiger partial charge in [-0.2, -0.15) is 5.26 Å². The summed E-state index contributed by atoms with van der Waals surface area (Å²) in [5.41, 5.74) is -0.235. The van der Waals surface area contributed by atoms with Crippen molar-refractivity contribution in [2.45, 2.75) is 26.2 Å². The highest BCUT2D eigenvalue weighted by molar-refractivity contribution is 5.82. The van der Waals surface area contributed by atoms with E-state index in [4.69, 9.17) is 5.26 Å². The number of rotatable bonds is 3. The smallest absolute Gasteiger partial charge is 0.226 e. The van der Waals surface area contributed by atoms with Gasteiger partial charge in [-0.05, 0) is 25.9 Å². The van der Waals surface area contributed by atoms with Gasteiger partial charge in [0.15, 0.2) is 0 Å². The van der Waals surface area contributed by atoms with Gasteiger partial charge in [0, 0.05) is 12.0 Å². The molecule has 0 aliphatic carbocycles. The van der Waals surface area contributed by atoms with Crippen LogP contribution in [-0.4, -0.2) is 25.5 Å². The zero-order valence-electron chi connectivity index (χ0n) is 8.60. The molecule has 1 fully saturated rings. The van der Waals surface area contributed by atoms with Gasteiger partial charge < -0.3 is 10.6 Å². The highest BCUT2D eigenvalue weighted by Gasteiger charge is 2.33. The molecule has 1 saturated heterocycles. The lowest BCUT2D eigenvalue weighted by molar-refractivity contribution is -0.131. The van der Waals surface area contributed by atoms with E-state index in [9.17, 15) is 4.79 Å². The molecule has 0 aromatic carbocycles. The van der Waals surface area contributed by atoms with Gasteiger partial charge in [0.25, 0.3) is 0 Å². The van der Waals surface area contributed by atoms with Crippen molar-refractivity contribution in [1.29, 1.82) is 5.26 Å². The van der Waals surface area contributed by atoms with E-state index in [0.29, 0.717) is 13.0 Å². The maximum Gasteiger partial charge on any atom is 0.226 e. The Balaban J connectivity index is 2.38. The van der Waals surface area contributed by atoms with Gasteiger partial charge in [-0.25, -0.2) is 0 Å². The standard InChI is InChI=1S/C10H17N3O/c1-10(3-7-12-8-4-10)9(14)13-6-2-5-11/h12H,2-4,6-8H2,1H3,(H,13,14). The topological polar surface area (TPSA) is 64.9 Å². The van der Waals surface area contributed by atoms with Gasteiger partial charge in [0.1, 0.15) is 0 Å². The molecule has 0 atom stereocenters. The summed E-state index contributed by atoms with van der Waals surface area (Å²) in [6.07, 6.45) is 2.15. The highest BCUT2D eigenvalue weighted by Crippen LogP contribution is 2.27. The Kier molecular flexibility index (Phi) is 3.90. The molecule has 0 aromatic rings. The van der Waals surface area contributed by atoms with Crippen molar-refractivity contribution in [1.82, 2.24) is 10.6 Å². The van der Waals surface area contributed by atoms with Crippen molar-refractivity contribution in [2.75, 3.05) is 19.6 Å². The van der Waals surface area contributed by atoms with Crippen LogP contribution in [0.2, 0.25) is 0 Å². The fourth-order valence-corrected chi connectivity index (χ4v) is 1.65. The van der Waals surface area contributed by atoms with Crippen LogP contribution in [0.15, 0.2) is 0 Å². The Morgan fingerprint density at radius 3 is 2.79 bits per heavy atom. The van der Waals surface area contributed by atoms with Crippen LogP contribution in [0.3, 0.4) is 0 Å². The van der Waals surface area contributed by atoms with Gasteiger partial charge in [0.05, 0.1) is 12.5 Å². The van der Waals surface area contributed by atoms with E-state index in [1.54, 1.807) is 0 Å². The van der Waals surface area contributed by atoms with Gasteiger partial charge in [-0.1, -0.05) is 6.92 Å². The Hall–Kier alpha value is -1.08. The molecule has 1 rings (SSSR count). The minimum absolute atomic E-state index is 0.0919. The summed E-state index contributed by atoms with van der Waals surface area (Å²) in [7, 11) is 0. The molecule has 1 amide bonds. The van der Waals surface area contributed by atoms with E-state index in [1.165, 1.54) is 0 Å². The van der Waals surface area contributed by atoms with E-state index >= 15 is 0 Å². The number of piperidine rings is 1. The molecule has 0 unspecified atom stereocenters. The maximum absolute atomic E-state index is 11.7. The van der Waals surface area contributed by atoms with Crippen LogP contribution >= 0.6 is 0 Å². The Morgan fingerprint density at radius 1 is 1.57 bits per heavy atom. The van der Waals surface area contributed by atoms with E-state index < -0.39 is 0 Å². The second-order valence-electron chi connectivity index (χ2n) is 3.97. The van der Waals surface area contributed by atoms with Crippen molar-refractivity contribution < 1.29 is 4.79 Å². The Morgan fingerprint density at radius 2 is 2.21 bits per heavy atom. The summed E-state index contributed by atoms with van der Waals surface area (Å²) >= 11 is 0. The number of hydrogen-bond donors (Lipinski definition) is 2. The minimum atomic E-state index is -0.235. The average molecular weight is 195 g/mol. The molecule has 14 heavy (non-hydrogen) atoms. The summed E-state index contributed by atoms with van der Waals surface area (Å²) in [6.45, 7) is 4.28. The fourth-order valence-electron chi connectivity index (χ4n) is 1.65. The third kappa shape index (κ3) is 2.71. The van der Waals surface area contributed by atoms with Crippen molar-refractivity contribution in [3.8, 4) is 6.07 Å². The van der Waals surface area contributed by atoms with Crippen molar-refractivity contribution in [3.05, 3.63) is 0 Å². The largest absolute Gasteiger partial charge is 0.355 e. The molecule has 2 N–H and O–H groups in total. The van der Waals surface area contributed by atoms with Crippen molar-refractivity contribution >= 4 is 5.91 Å². The van der Waals surface area contributed by atoms with Crippen LogP contribution in [0.4, 0.5) is 0 Å². The first-order valence-electron chi connectivity index (χ1n) is 5.05. The van der Waals surface area contributed by atoms with E-state index in [1.807, 2.05) is 13.0 Å². The van der Waals surface area contributed by atoms with Crippen LogP contribution in [0.1, 0.15) is 26.2 Å². The lowest BCUT2D eigenvalue weighted by Gasteiger charge is -2.32. The quantitative estimate of drug-likeness (QED) is 0.641. The molecule has 0 bridgehead atoms. The summed E-state index contributed by atoms with van der Waals surface area (Å²) in [5, 5.41) is 14.4. The zero-order valence-corrected chi connectivity index (χ0v) is 8.60. The first kappa shape index (κ1) is 11.0. The number of hydrogen-bond acceptors (Lipinski definition) is 3. The Bertz CT molecular complexity index is 238. The molecule has 4 heteroatoms. The summed E-state index contributed by atoms with van der Waals surface area (Å²) < 4.78 is 0. The number of nitriles is 1. The van der Waals surface area contributed by atoms with Crippen LogP contribution in [0, 0.1) is 16.7 Å². The second-order valence-corrected chi connectivity index (χ2v) is 3.97. The third-order valence-electron chi connectivity index (χ3n) is 2.78. The van der Waals surface area contributed by atoms with Gasteiger partial charge in [-0.3, -0.25) is 4.79 Å². The maximum atomic E-state index is 11.7. The van der Waals surface area contributed by atoms with E-state index in [-0.39, 0.29) is 11.3 Å². The predicted octanol–water partition coefficient (Wildman–Crippen LogP) is 0.406. The highest BCUT2D eigenvalue weighted by atomic mass is 16.2. The van der Waals surface area contributed by atoms with E-state index in [0.717, 1.165) is 25.9 Å². The lowest BCUT2D eigenvalue weighted by Crippen LogP contribution is -2.45. The lowest BCUT2D eigenvalue weighted by atomic mass is 9.80. The number of nitrogens with zero attached hydrogens (tertiary/aromatic N) is 1. The van der Waals surface area contributed by atoms with E-state index in [2.05, 4.69) is 10.6 Å². The zero-order chi connectivity index (χ0) is 10.4. The summed E-state index contributed by atoms with van der Waals surface area (Å²) in [5.74, 6) is 0.0919. The fraction of sp³-hybridized carbons (Fsp3) is 0.800. The molecular formula is C10H17N3O. The monoisotopic (exact) mass is 195 g/mol. The predicted molar refractivity (Wildman–Crippen MR) is 53.5 cm³/mol. The van der Waals surface area contributed by atoms with Crippen LogP contribution in [0.25, 0.3) is 0 Å². The van der Waals surface area contributed by atoms with Gasteiger partial charge >= 0.3 is 0 Å².